The summed E-state index contributed by atoms with van der Waals surface area (Å²) in [7, 11) is 0. The van der Waals surface area contributed by atoms with Crippen LogP contribution in [-0.4, -0.2) is 45.2 Å². The van der Waals surface area contributed by atoms with Gasteiger partial charge in [-0.25, -0.2) is 9.48 Å². The van der Waals surface area contributed by atoms with Crippen LogP contribution in [-0.2, 0) is 9.53 Å². The average Bonchev–Trinajstić information content (AvgIpc) is 3.42. The summed E-state index contributed by atoms with van der Waals surface area (Å²) >= 11 is 1.55. The number of benzene rings is 1. The number of amides is 1. The number of aromatic nitrogens is 2. The molecule has 0 unspecified atom stereocenters. The standard InChI is InChI=1S/C23H25N3O3S/c1-16-8-6-9-17(2)25(16)22(27)15-29-23(28)20-14-19(21-12-7-13-30-21)24-26(20)18-10-4-3-5-11-18/h3-5,7,10-14,16-17H,6,8-9,15H2,1-2H3/t16-,17+. The molecular weight excluding hydrogens is 398 g/mol. The molecule has 1 aliphatic rings. The van der Waals surface area contributed by atoms with Crippen molar-refractivity contribution in [2.45, 2.75) is 45.2 Å². The van der Waals surface area contributed by atoms with E-state index in [1.165, 1.54) is 0 Å². The fourth-order valence-corrected chi connectivity index (χ4v) is 4.71. The lowest BCUT2D eigenvalue weighted by atomic mass is 9.97. The smallest absolute Gasteiger partial charge is 0.357 e. The first-order valence-electron chi connectivity index (χ1n) is 10.2. The number of rotatable bonds is 5. The van der Waals surface area contributed by atoms with E-state index in [1.54, 1.807) is 22.1 Å². The molecule has 3 heterocycles. The third kappa shape index (κ3) is 4.16. The van der Waals surface area contributed by atoms with E-state index in [-0.39, 0.29) is 24.6 Å². The maximum Gasteiger partial charge on any atom is 0.357 e. The lowest BCUT2D eigenvalue weighted by Gasteiger charge is -2.38. The summed E-state index contributed by atoms with van der Waals surface area (Å²) in [5.74, 6) is -0.702. The number of hydrogen-bond donors (Lipinski definition) is 0. The third-order valence-electron chi connectivity index (χ3n) is 5.50. The van der Waals surface area contributed by atoms with Gasteiger partial charge in [0.05, 0.1) is 10.6 Å². The second-order valence-corrected chi connectivity index (χ2v) is 8.59. The first kappa shape index (κ1) is 20.3. The van der Waals surface area contributed by atoms with E-state index in [0.717, 1.165) is 29.8 Å². The molecule has 2 atom stereocenters. The molecule has 0 spiro atoms. The van der Waals surface area contributed by atoms with E-state index in [4.69, 9.17) is 4.74 Å². The molecular formula is C23H25N3O3S. The summed E-state index contributed by atoms with van der Waals surface area (Å²) in [6.07, 6.45) is 3.08. The van der Waals surface area contributed by atoms with Gasteiger partial charge < -0.3 is 9.64 Å². The number of thiophene rings is 1. The van der Waals surface area contributed by atoms with Crippen LogP contribution in [0.5, 0.6) is 0 Å². The minimum Gasteiger partial charge on any atom is -0.451 e. The van der Waals surface area contributed by atoms with Crippen molar-refractivity contribution in [3.63, 3.8) is 0 Å². The molecule has 30 heavy (non-hydrogen) atoms. The zero-order valence-corrected chi connectivity index (χ0v) is 18.0. The molecule has 0 N–H and O–H groups in total. The summed E-state index contributed by atoms with van der Waals surface area (Å²) < 4.78 is 7.02. The van der Waals surface area contributed by atoms with Crippen LogP contribution in [0.1, 0.15) is 43.6 Å². The monoisotopic (exact) mass is 423 g/mol. The van der Waals surface area contributed by atoms with Crippen LogP contribution < -0.4 is 0 Å². The maximum atomic E-state index is 12.9. The lowest BCUT2D eigenvalue weighted by molar-refractivity contribution is -0.140. The van der Waals surface area contributed by atoms with Gasteiger partial charge in [0, 0.05) is 18.2 Å². The molecule has 1 amide bonds. The highest BCUT2D eigenvalue weighted by atomic mass is 32.1. The van der Waals surface area contributed by atoms with Gasteiger partial charge >= 0.3 is 5.97 Å². The Morgan fingerprint density at radius 3 is 2.50 bits per heavy atom. The molecule has 156 valence electrons. The van der Waals surface area contributed by atoms with Gasteiger partial charge in [-0.15, -0.1) is 11.3 Å². The Morgan fingerprint density at radius 2 is 1.83 bits per heavy atom. The van der Waals surface area contributed by atoms with E-state index in [9.17, 15) is 9.59 Å². The second-order valence-electron chi connectivity index (χ2n) is 7.65. The van der Waals surface area contributed by atoms with Crippen LogP contribution in [0.3, 0.4) is 0 Å². The highest BCUT2D eigenvalue weighted by Crippen LogP contribution is 2.26. The fourth-order valence-electron chi connectivity index (χ4n) is 4.03. The van der Waals surface area contributed by atoms with Gasteiger partial charge in [0.25, 0.3) is 5.91 Å². The summed E-state index contributed by atoms with van der Waals surface area (Å²) in [5, 5.41) is 6.58. The number of likely N-dealkylation sites (tertiary alicyclic amines) is 1. The van der Waals surface area contributed by atoms with E-state index in [2.05, 4.69) is 5.10 Å². The van der Waals surface area contributed by atoms with Crippen molar-refractivity contribution in [1.82, 2.24) is 14.7 Å². The molecule has 6 nitrogen and oxygen atoms in total. The number of hydrogen-bond acceptors (Lipinski definition) is 5. The van der Waals surface area contributed by atoms with Crippen LogP contribution in [0, 0.1) is 0 Å². The molecule has 0 bridgehead atoms. The highest BCUT2D eigenvalue weighted by molar-refractivity contribution is 7.13. The molecule has 4 rings (SSSR count). The van der Waals surface area contributed by atoms with Crippen LogP contribution >= 0.6 is 11.3 Å². The zero-order chi connectivity index (χ0) is 21.1. The Morgan fingerprint density at radius 1 is 1.10 bits per heavy atom. The number of piperidine rings is 1. The largest absolute Gasteiger partial charge is 0.451 e. The molecule has 3 aromatic rings. The van der Waals surface area contributed by atoms with Crippen molar-refractivity contribution in [2.24, 2.45) is 0 Å². The summed E-state index contributed by atoms with van der Waals surface area (Å²) in [6, 6.07) is 15.4. The first-order valence-corrected chi connectivity index (χ1v) is 11.1. The number of carbonyl (C=O) groups is 2. The van der Waals surface area contributed by atoms with E-state index in [1.807, 2.05) is 66.6 Å². The molecule has 2 aromatic heterocycles. The Bertz CT molecular complexity index is 1000. The predicted octanol–water partition coefficient (Wildman–Crippen LogP) is 4.55. The van der Waals surface area contributed by atoms with Crippen molar-refractivity contribution < 1.29 is 14.3 Å². The minimum atomic E-state index is -0.556. The van der Waals surface area contributed by atoms with Crippen molar-refractivity contribution in [1.29, 1.82) is 0 Å². The van der Waals surface area contributed by atoms with Crippen molar-refractivity contribution in [3.8, 4) is 16.3 Å². The van der Waals surface area contributed by atoms with Gasteiger partial charge in [0.1, 0.15) is 5.69 Å². The zero-order valence-electron chi connectivity index (χ0n) is 17.2. The van der Waals surface area contributed by atoms with Crippen LogP contribution in [0.4, 0.5) is 0 Å². The Labute approximate surface area is 180 Å². The van der Waals surface area contributed by atoms with E-state index >= 15 is 0 Å². The van der Waals surface area contributed by atoms with Crippen molar-refractivity contribution >= 4 is 23.2 Å². The van der Waals surface area contributed by atoms with Crippen molar-refractivity contribution in [2.75, 3.05) is 6.61 Å². The maximum absolute atomic E-state index is 12.9. The Kier molecular flexibility index (Phi) is 5.99. The number of carbonyl (C=O) groups excluding carboxylic acids is 2. The van der Waals surface area contributed by atoms with E-state index in [0.29, 0.717) is 11.4 Å². The third-order valence-corrected chi connectivity index (χ3v) is 6.39. The molecule has 1 fully saturated rings. The summed E-state index contributed by atoms with van der Waals surface area (Å²) in [4.78, 5) is 28.5. The van der Waals surface area contributed by atoms with E-state index < -0.39 is 5.97 Å². The Balaban J connectivity index is 1.55. The lowest BCUT2D eigenvalue weighted by Crippen LogP contribution is -2.49. The normalized spacial score (nSPS) is 18.9. The molecule has 0 aliphatic carbocycles. The summed E-state index contributed by atoms with van der Waals surface area (Å²) in [5.41, 5.74) is 1.76. The molecule has 1 aromatic carbocycles. The number of esters is 1. The van der Waals surface area contributed by atoms with Gasteiger partial charge in [0.15, 0.2) is 12.3 Å². The van der Waals surface area contributed by atoms with Crippen LogP contribution in [0.2, 0.25) is 0 Å². The highest BCUT2D eigenvalue weighted by Gasteiger charge is 2.30. The van der Waals surface area contributed by atoms with Gasteiger partial charge in [0.2, 0.25) is 0 Å². The van der Waals surface area contributed by atoms with Crippen LogP contribution in [0.15, 0.2) is 53.9 Å². The molecule has 1 saturated heterocycles. The van der Waals surface area contributed by atoms with Crippen molar-refractivity contribution in [3.05, 3.63) is 59.6 Å². The van der Waals surface area contributed by atoms with Gasteiger partial charge in [-0.2, -0.15) is 5.10 Å². The topological polar surface area (TPSA) is 64.4 Å². The van der Waals surface area contributed by atoms with Gasteiger partial charge in [-0.1, -0.05) is 24.3 Å². The second kappa shape index (κ2) is 8.83. The SMILES string of the molecule is C[C@@H]1CCC[C@H](C)N1C(=O)COC(=O)c1cc(-c2cccs2)nn1-c1ccccc1. The minimum absolute atomic E-state index is 0.146. The van der Waals surface area contributed by atoms with Crippen LogP contribution in [0.25, 0.3) is 16.3 Å². The summed E-state index contributed by atoms with van der Waals surface area (Å²) in [6.45, 7) is 3.84. The molecule has 7 heteroatoms. The predicted molar refractivity (Wildman–Crippen MR) is 117 cm³/mol. The number of nitrogens with zero attached hydrogens (tertiary/aromatic N) is 3. The Hall–Kier alpha value is -2.93. The molecule has 1 aliphatic heterocycles. The first-order chi connectivity index (χ1) is 14.5. The molecule has 0 saturated carbocycles. The average molecular weight is 424 g/mol. The number of para-hydroxylation sites is 1. The van der Waals surface area contributed by atoms with Gasteiger partial charge in [-0.3, -0.25) is 4.79 Å². The fraction of sp³-hybridized carbons (Fsp3) is 0.348. The quantitative estimate of drug-likeness (QED) is 0.565. The number of ether oxygens (including phenoxy) is 1. The van der Waals surface area contributed by atoms with Gasteiger partial charge in [-0.05, 0) is 56.7 Å². The molecule has 0 radical (unpaired) electrons.